The first-order valence-electron chi connectivity index (χ1n) is 8.14. The first kappa shape index (κ1) is 17.3. The fraction of sp³-hybridized carbons (Fsp3) is 0.529. The molecule has 6 heteroatoms. The van der Waals surface area contributed by atoms with E-state index in [0.29, 0.717) is 18.0 Å². The molecule has 2 rings (SSSR count). The van der Waals surface area contributed by atoms with E-state index < -0.39 is 12.0 Å². The molecule has 0 bridgehead atoms. The minimum Gasteiger partial charge on any atom is -0.477 e. The lowest BCUT2D eigenvalue weighted by Crippen LogP contribution is -2.51. The maximum absolute atomic E-state index is 12.7. The number of anilines is 1. The summed E-state index contributed by atoms with van der Waals surface area (Å²) in [5, 5.41) is 0. The van der Waals surface area contributed by atoms with Crippen LogP contribution in [0.2, 0.25) is 0 Å². The molecule has 0 spiro atoms. The molecule has 2 amide bonds. The van der Waals surface area contributed by atoms with Gasteiger partial charge in [0.1, 0.15) is 5.75 Å². The summed E-state index contributed by atoms with van der Waals surface area (Å²) >= 11 is 0. The third kappa shape index (κ3) is 4.22. The van der Waals surface area contributed by atoms with Gasteiger partial charge in [-0.3, -0.25) is 14.5 Å². The van der Waals surface area contributed by atoms with Crippen molar-refractivity contribution in [1.82, 2.24) is 4.90 Å². The average molecular weight is 319 g/mol. The number of amides is 2. The van der Waals surface area contributed by atoms with Crippen LogP contribution < -0.4 is 15.4 Å². The van der Waals surface area contributed by atoms with Gasteiger partial charge in [-0.15, -0.1) is 0 Å². The maximum atomic E-state index is 12.7. The van der Waals surface area contributed by atoms with Gasteiger partial charge in [0.15, 0.2) is 6.10 Å². The van der Waals surface area contributed by atoms with Gasteiger partial charge in [0.2, 0.25) is 5.91 Å². The van der Waals surface area contributed by atoms with Crippen LogP contribution in [0.25, 0.3) is 0 Å². The molecular weight excluding hydrogens is 294 g/mol. The number of benzene rings is 1. The Balaban J connectivity index is 2.16. The molecule has 0 radical (unpaired) electrons. The highest BCUT2D eigenvalue weighted by Crippen LogP contribution is 2.33. The van der Waals surface area contributed by atoms with Crippen molar-refractivity contribution in [1.29, 1.82) is 0 Å². The molecule has 0 aliphatic carbocycles. The fourth-order valence-electron chi connectivity index (χ4n) is 2.63. The van der Waals surface area contributed by atoms with Crippen LogP contribution in [0.1, 0.15) is 26.7 Å². The zero-order chi connectivity index (χ0) is 16.8. The van der Waals surface area contributed by atoms with Gasteiger partial charge in [-0.25, -0.2) is 0 Å². The smallest absolute Gasteiger partial charge is 0.260 e. The SMILES string of the molecule is CCCCN(CC)CC(=O)N1C[C@@H](C(N)=O)Oc2ccccc21. The zero-order valence-electron chi connectivity index (χ0n) is 13.8. The van der Waals surface area contributed by atoms with E-state index in [1.165, 1.54) is 0 Å². The number of nitrogens with two attached hydrogens (primary N) is 1. The molecule has 0 fully saturated rings. The minimum atomic E-state index is -0.806. The lowest BCUT2D eigenvalue weighted by atomic mass is 10.1. The Morgan fingerprint density at radius 1 is 1.35 bits per heavy atom. The molecule has 0 saturated carbocycles. The normalized spacial score (nSPS) is 16.8. The van der Waals surface area contributed by atoms with Crippen LogP contribution in [-0.4, -0.2) is 49.0 Å². The largest absolute Gasteiger partial charge is 0.477 e. The Kier molecular flexibility index (Phi) is 5.98. The summed E-state index contributed by atoms with van der Waals surface area (Å²) in [7, 11) is 0. The van der Waals surface area contributed by atoms with Crippen molar-refractivity contribution in [3.05, 3.63) is 24.3 Å². The number of fused-ring (bicyclic) bond motifs is 1. The van der Waals surface area contributed by atoms with Crippen molar-refractivity contribution in [2.75, 3.05) is 31.1 Å². The summed E-state index contributed by atoms with van der Waals surface area (Å²) < 4.78 is 5.59. The lowest BCUT2D eigenvalue weighted by Gasteiger charge is -2.34. The second-order valence-corrected chi connectivity index (χ2v) is 5.70. The van der Waals surface area contributed by atoms with Crippen molar-refractivity contribution in [3.63, 3.8) is 0 Å². The number of likely N-dealkylation sites (N-methyl/N-ethyl adjacent to an activating group) is 1. The van der Waals surface area contributed by atoms with Gasteiger partial charge < -0.3 is 15.4 Å². The summed E-state index contributed by atoms with van der Waals surface area (Å²) in [6.45, 7) is 6.38. The first-order chi connectivity index (χ1) is 11.1. The maximum Gasteiger partial charge on any atom is 0.260 e. The van der Waals surface area contributed by atoms with Crippen LogP contribution in [0.4, 0.5) is 5.69 Å². The lowest BCUT2D eigenvalue weighted by molar-refractivity contribution is -0.125. The molecule has 23 heavy (non-hydrogen) atoms. The number of rotatable bonds is 7. The van der Waals surface area contributed by atoms with Gasteiger partial charge in [0.25, 0.3) is 5.91 Å². The van der Waals surface area contributed by atoms with E-state index in [0.717, 1.165) is 25.9 Å². The standard InChI is InChI=1S/C17H25N3O3/c1-3-5-10-19(4-2)12-16(21)20-11-15(17(18)22)23-14-9-7-6-8-13(14)20/h6-9,15H,3-5,10-12H2,1-2H3,(H2,18,22)/t15-/m0/s1. The highest BCUT2D eigenvalue weighted by Gasteiger charge is 2.32. The van der Waals surface area contributed by atoms with Crippen molar-refractivity contribution < 1.29 is 14.3 Å². The van der Waals surface area contributed by atoms with Crippen LogP contribution in [0.3, 0.4) is 0 Å². The summed E-state index contributed by atoms with van der Waals surface area (Å²) in [6.07, 6.45) is 1.35. The molecule has 126 valence electrons. The molecule has 1 aromatic rings. The van der Waals surface area contributed by atoms with Gasteiger partial charge in [-0.1, -0.05) is 32.4 Å². The Morgan fingerprint density at radius 2 is 2.09 bits per heavy atom. The molecule has 1 aliphatic rings. The third-order valence-electron chi connectivity index (χ3n) is 4.03. The van der Waals surface area contributed by atoms with E-state index in [1.54, 1.807) is 11.0 Å². The number of carbonyl (C=O) groups is 2. The van der Waals surface area contributed by atoms with E-state index in [9.17, 15) is 9.59 Å². The molecule has 1 heterocycles. The highest BCUT2D eigenvalue weighted by molar-refractivity contribution is 5.98. The molecule has 0 aromatic heterocycles. The topological polar surface area (TPSA) is 75.9 Å². The molecule has 1 aromatic carbocycles. The number of hydrogen-bond acceptors (Lipinski definition) is 4. The summed E-state index contributed by atoms with van der Waals surface area (Å²) in [5.41, 5.74) is 6.06. The number of unbranched alkanes of at least 4 members (excludes halogenated alkanes) is 1. The molecule has 1 atom stereocenters. The van der Waals surface area contributed by atoms with Crippen LogP contribution in [0.5, 0.6) is 5.75 Å². The quantitative estimate of drug-likeness (QED) is 0.824. The predicted molar refractivity (Wildman–Crippen MR) is 89.4 cm³/mol. The van der Waals surface area contributed by atoms with Crippen LogP contribution in [0, 0.1) is 0 Å². The van der Waals surface area contributed by atoms with Gasteiger partial charge in [0.05, 0.1) is 18.8 Å². The van der Waals surface area contributed by atoms with Gasteiger partial charge in [-0.2, -0.15) is 0 Å². The number of hydrogen-bond donors (Lipinski definition) is 1. The molecule has 2 N–H and O–H groups in total. The number of carbonyl (C=O) groups excluding carboxylic acids is 2. The second kappa shape index (κ2) is 7.97. The van der Waals surface area contributed by atoms with Crippen molar-refractivity contribution in [2.24, 2.45) is 5.73 Å². The van der Waals surface area contributed by atoms with Crippen molar-refractivity contribution in [3.8, 4) is 5.75 Å². The Hall–Kier alpha value is -2.08. The van der Waals surface area contributed by atoms with Crippen molar-refractivity contribution in [2.45, 2.75) is 32.8 Å². The van der Waals surface area contributed by atoms with E-state index in [1.807, 2.05) is 25.1 Å². The van der Waals surface area contributed by atoms with E-state index >= 15 is 0 Å². The predicted octanol–water partition coefficient (Wildman–Crippen LogP) is 1.39. The summed E-state index contributed by atoms with van der Waals surface area (Å²) in [6, 6.07) is 7.23. The fourth-order valence-corrected chi connectivity index (χ4v) is 2.63. The molecule has 0 unspecified atom stereocenters. The van der Waals surface area contributed by atoms with E-state index in [4.69, 9.17) is 10.5 Å². The Labute approximate surface area is 137 Å². The second-order valence-electron chi connectivity index (χ2n) is 5.70. The molecule has 6 nitrogen and oxygen atoms in total. The van der Waals surface area contributed by atoms with Crippen molar-refractivity contribution >= 4 is 17.5 Å². The first-order valence-corrected chi connectivity index (χ1v) is 8.14. The van der Waals surface area contributed by atoms with Gasteiger partial charge in [0, 0.05) is 0 Å². The molecule has 0 saturated heterocycles. The highest BCUT2D eigenvalue weighted by atomic mass is 16.5. The van der Waals surface area contributed by atoms with Gasteiger partial charge in [-0.05, 0) is 31.6 Å². The minimum absolute atomic E-state index is 0.0371. The number of ether oxygens (including phenoxy) is 1. The third-order valence-corrected chi connectivity index (χ3v) is 4.03. The van der Waals surface area contributed by atoms with E-state index in [2.05, 4.69) is 11.8 Å². The Bertz CT molecular complexity index is 562. The Morgan fingerprint density at radius 3 is 2.74 bits per heavy atom. The van der Waals surface area contributed by atoms with E-state index in [-0.39, 0.29) is 12.5 Å². The summed E-state index contributed by atoms with van der Waals surface area (Å²) in [4.78, 5) is 28.0. The van der Waals surface area contributed by atoms with Crippen LogP contribution in [0.15, 0.2) is 24.3 Å². The van der Waals surface area contributed by atoms with Crippen LogP contribution >= 0.6 is 0 Å². The summed E-state index contributed by atoms with van der Waals surface area (Å²) in [5.74, 6) is -0.0758. The number of primary amides is 1. The average Bonchev–Trinajstić information content (AvgIpc) is 2.57. The molecular formula is C17H25N3O3. The number of nitrogens with zero attached hydrogens (tertiary/aromatic N) is 2. The number of para-hydroxylation sites is 2. The monoisotopic (exact) mass is 319 g/mol. The van der Waals surface area contributed by atoms with Crippen LogP contribution in [-0.2, 0) is 9.59 Å². The van der Waals surface area contributed by atoms with Gasteiger partial charge >= 0.3 is 0 Å². The molecule has 1 aliphatic heterocycles. The zero-order valence-corrected chi connectivity index (χ0v) is 13.8.